The fraction of sp³-hybridized carbons (Fsp3) is 0.500. The van der Waals surface area contributed by atoms with Gasteiger partial charge in [0, 0.05) is 11.2 Å². The van der Waals surface area contributed by atoms with E-state index in [0.29, 0.717) is 16.4 Å². The highest BCUT2D eigenvalue weighted by molar-refractivity contribution is 6.33. The van der Waals surface area contributed by atoms with Crippen LogP contribution in [0, 0.1) is 0 Å². The number of halogens is 1. The van der Waals surface area contributed by atoms with Crippen molar-refractivity contribution in [3.05, 3.63) is 23.2 Å². The normalized spacial score (nSPS) is 13.3. The molecule has 20 heavy (non-hydrogen) atoms. The van der Waals surface area contributed by atoms with Crippen molar-refractivity contribution in [2.24, 2.45) is 0 Å². The molecule has 0 heterocycles. The Bertz CT molecular complexity index is 491. The molecule has 0 aliphatic carbocycles. The molecule has 1 atom stereocenters. The summed E-state index contributed by atoms with van der Waals surface area (Å²) in [4.78, 5) is 14.0. The quantitative estimate of drug-likeness (QED) is 0.726. The fourth-order valence-corrected chi connectivity index (χ4v) is 1.80. The Hall–Kier alpha value is -1.30. The number of hydrogen-bond acceptors (Lipinski definition) is 4. The van der Waals surface area contributed by atoms with Crippen LogP contribution in [0.1, 0.15) is 20.8 Å². The minimum atomic E-state index is -0.476. The number of carbonyl (C=O) groups excluding carboxylic acids is 1. The van der Waals surface area contributed by atoms with E-state index < -0.39 is 11.6 Å². The van der Waals surface area contributed by atoms with Crippen molar-refractivity contribution in [2.75, 3.05) is 24.7 Å². The lowest BCUT2D eigenvalue weighted by Crippen LogP contribution is -2.52. The molecule has 0 aromatic heterocycles. The van der Waals surface area contributed by atoms with Gasteiger partial charge in [0.05, 0.1) is 23.4 Å². The molecule has 0 aliphatic rings. The second-order valence-corrected chi connectivity index (χ2v) is 5.89. The number of nitrogen functional groups attached to an aromatic ring is 1. The van der Waals surface area contributed by atoms with E-state index in [1.54, 1.807) is 32.2 Å². The molecule has 1 unspecified atom stereocenters. The van der Waals surface area contributed by atoms with E-state index in [2.05, 4.69) is 5.32 Å². The summed E-state index contributed by atoms with van der Waals surface area (Å²) in [6.45, 7) is 5.50. The fourth-order valence-electron chi connectivity index (χ4n) is 1.68. The van der Waals surface area contributed by atoms with Crippen molar-refractivity contribution in [3.63, 3.8) is 0 Å². The molecule has 0 saturated carbocycles. The van der Waals surface area contributed by atoms with E-state index in [1.807, 2.05) is 18.7 Å². The Morgan fingerprint density at radius 3 is 2.65 bits per heavy atom. The van der Waals surface area contributed by atoms with Crippen LogP contribution >= 0.6 is 11.6 Å². The number of carbonyl (C=O) groups is 1. The van der Waals surface area contributed by atoms with Crippen molar-refractivity contribution < 1.29 is 9.90 Å². The molecule has 0 aliphatic heterocycles. The summed E-state index contributed by atoms with van der Waals surface area (Å²) in [5, 5.41) is 12.6. The molecule has 6 heteroatoms. The van der Waals surface area contributed by atoms with Crippen molar-refractivity contribution in [3.8, 4) is 0 Å². The molecule has 1 aromatic rings. The van der Waals surface area contributed by atoms with Crippen molar-refractivity contribution in [1.82, 2.24) is 4.90 Å². The molecule has 5 nitrogen and oxygen atoms in total. The maximum absolute atomic E-state index is 12.2. The summed E-state index contributed by atoms with van der Waals surface area (Å²) in [5.41, 5.74) is 6.23. The summed E-state index contributed by atoms with van der Waals surface area (Å²) in [6, 6.07) is 4.55. The first-order valence-corrected chi connectivity index (χ1v) is 6.76. The number of rotatable bonds is 5. The van der Waals surface area contributed by atoms with Crippen LogP contribution in [-0.2, 0) is 4.79 Å². The number of aliphatic hydroxyl groups excluding tert-OH is 1. The predicted molar refractivity (Wildman–Crippen MR) is 82.9 cm³/mol. The summed E-state index contributed by atoms with van der Waals surface area (Å²) in [6.07, 6.45) is 0. The monoisotopic (exact) mass is 299 g/mol. The average Bonchev–Trinajstić information content (AvgIpc) is 2.41. The lowest BCUT2D eigenvalue weighted by molar-refractivity contribution is -0.122. The predicted octanol–water partition coefficient (Wildman–Crippen LogP) is 1.95. The van der Waals surface area contributed by atoms with Gasteiger partial charge in [-0.1, -0.05) is 11.6 Å². The smallest absolute Gasteiger partial charge is 0.241 e. The highest BCUT2D eigenvalue weighted by Gasteiger charge is 2.30. The average molecular weight is 300 g/mol. The molecular weight excluding hydrogens is 278 g/mol. The minimum absolute atomic E-state index is 0.0327. The molecule has 0 radical (unpaired) electrons. The standard InChI is InChI=1S/C14H22ClN3O2/c1-9(18(4)14(2,3)8-19)13(20)17-10-5-6-11(15)12(16)7-10/h5-7,9,19H,8,16H2,1-4H3,(H,17,20). The van der Waals surface area contributed by atoms with E-state index in [9.17, 15) is 9.90 Å². The third-order valence-electron chi connectivity index (χ3n) is 3.57. The van der Waals surface area contributed by atoms with Crippen LogP contribution in [0.25, 0.3) is 0 Å². The summed E-state index contributed by atoms with van der Waals surface area (Å²) in [5.74, 6) is -0.171. The molecule has 0 bridgehead atoms. The first kappa shape index (κ1) is 16.8. The Morgan fingerprint density at radius 2 is 2.15 bits per heavy atom. The number of aliphatic hydroxyl groups is 1. The van der Waals surface area contributed by atoms with Crippen LogP contribution in [-0.4, -0.2) is 41.1 Å². The van der Waals surface area contributed by atoms with Gasteiger partial charge in [0.2, 0.25) is 5.91 Å². The van der Waals surface area contributed by atoms with Gasteiger partial charge in [-0.05, 0) is 46.0 Å². The van der Waals surface area contributed by atoms with Gasteiger partial charge in [0.25, 0.3) is 0 Å². The highest BCUT2D eigenvalue weighted by atomic mass is 35.5. The number of nitrogens with two attached hydrogens (primary N) is 1. The first-order valence-electron chi connectivity index (χ1n) is 6.38. The Labute approximate surface area is 124 Å². The van der Waals surface area contributed by atoms with Gasteiger partial charge in [-0.3, -0.25) is 9.69 Å². The number of hydrogen-bond donors (Lipinski definition) is 3. The highest BCUT2D eigenvalue weighted by Crippen LogP contribution is 2.23. The number of nitrogens with zero attached hydrogens (tertiary/aromatic N) is 1. The summed E-state index contributed by atoms with van der Waals surface area (Å²) < 4.78 is 0. The third kappa shape index (κ3) is 3.85. The van der Waals surface area contributed by atoms with E-state index in [0.717, 1.165) is 0 Å². The van der Waals surface area contributed by atoms with Gasteiger partial charge in [0.1, 0.15) is 0 Å². The topological polar surface area (TPSA) is 78.6 Å². The SMILES string of the molecule is CC(C(=O)Nc1ccc(Cl)c(N)c1)N(C)C(C)(C)CO. The van der Waals surface area contributed by atoms with Crippen molar-refractivity contribution in [2.45, 2.75) is 32.4 Å². The van der Waals surface area contributed by atoms with Crippen LogP contribution < -0.4 is 11.1 Å². The molecule has 1 amide bonds. The molecule has 4 N–H and O–H groups in total. The van der Waals surface area contributed by atoms with Crippen molar-refractivity contribution in [1.29, 1.82) is 0 Å². The van der Waals surface area contributed by atoms with E-state index in [1.165, 1.54) is 0 Å². The van der Waals surface area contributed by atoms with Crippen LogP contribution in [0.3, 0.4) is 0 Å². The molecule has 0 fully saturated rings. The van der Waals surface area contributed by atoms with E-state index in [-0.39, 0.29) is 12.5 Å². The van der Waals surface area contributed by atoms with Gasteiger partial charge >= 0.3 is 0 Å². The third-order valence-corrected chi connectivity index (χ3v) is 3.91. The van der Waals surface area contributed by atoms with Crippen LogP contribution in [0.15, 0.2) is 18.2 Å². The molecule has 112 valence electrons. The molecule has 0 spiro atoms. The number of amides is 1. The van der Waals surface area contributed by atoms with Gasteiger partial charge in [-0.25, -0.2) is 0 Å². The van der Waals surface area contributed by atoms with Gasteiger partial charge in [-0.15, -0.1) is 0 Å². The number of likely N-dealkylation sites (N-methyl/N-ethyl adjacent to an activating group) is 1. The number of benzene rings is 1. The summed E-state index contributed by atoms with van der Waals surface area (Å²) >= 11 is 5.84. The van der Waals surface area contributed by atoms with Crippen LogP contribution in [0.4, 0.5) is 11.4 Å². The van der Waals surface area contributed by atoms with Crippen LogP contribution in [0.2, 0.25) is 5.02 Å². The lowest BCUT2D eigenvalue weighted by atomic mass is 10.0. The Kier molecular flexibility index (Phi) is 5.39. The maximum Gasteiger partial charge on any atom is 0.241 e. The van der Waals surface area contributed by atoms with Gasteiger partial charge in [0.15, 0.2) is 0 Å². The summed E-state index contributed by atoms with van der Waals surface area (Å²) in [7, 11) is 1.80. The Morgan fingerprint density at radius 1 is 1.55 bits per heavy atom. The Balaban J connectivity index is 2.77. The maximum atomic E-state index is 12.2. The zero-order valence-corrected chi connectivity index (χ0v) is 13.0. The van der Waals surface area contributed by atoms with E-state index >= 15 is 0 Å². The lowest BCUT2D eigenvalue weighted by Gasteiger charge is -2.37. The molecule has 1 aromatic carbocycles. The minimum Gasteiger partial charge on any atom is -0.397 e. The van der Waals surface area contributed by atoms with Gasteiger partial charge in [-0.2, -0.15) is 0 Å². The molecule has 0 saturated heterocycles. The van der Waals surface area contributed by atoms with Crippen molar-refractivity contribution >= 4 is 28.9 Å². The largest absolute Gasteiger partial charge is 0.397 e. The first-order chi connectivity index (χ1) is 9.19. The van der Waals surface area contributed by atoms with E-state index in [4.69, 9.17) is 17.3 Å². The number of nitrogens with one attached hydrogen (secondary N) is 1. The second kappa shape index (κ2) is 6.43. The zero-order valence-electron chi connectivity index (χ0n) is 12.3. The second-order valence-electron chi connectivity index (χ2n) is 5.48. The van der Waals surface area contributed by atoms with Gasteiger partial charge < -0.3 is 16.2 Å². The van der Waals surface area contributed by atoms with Crippen LogP contribution in [0.5, 0.6) is 0 Å². The molecule has 1 rings (SSSR count). The number of anilines is 2. The molecular formula is C14H22ClN3O2. The zero-order chi connectivity index (χ0) is 15.5.